The predicted molar refractivity (Wildman–Crippen MR) is 94.4 cm³/mol. The van der Waals surface area contributed by atoms with Gasteiger partial charge in [-0.05, 0) is 48.5 Å². The third-order valence-corrected chi connectivity index (χ3v) is 3.63. The van der Waals surface area contributed by atoms with Crippen LogP contribution in [0.25, 0.3) is 33.7 Å². The molecule has 0 aliphatic heterocycles. The van der Waals surface area contributed by atoms with Crippen molar-refractivity contribution in [3.05, 3.63) is 61.1 Å². The van der Waals surface area contributed by atoms with Crippen molar-refractivity contribution >= 4 is 11.2 Å². The highest BCUT2D eigenvalue weighted by Gasteiger charge is 2.14. The summed E-state index contributed by atoms with van der Waals surface area (Å²) in [6.07, 6.45) is 3.04. The molecule has 0 unspecified atom stereocenters. The molecule has 4 rings (SSSR count). The molecule has 0 fully saturated rings. The molecule has 0 spiro atoms. The summed E-state index contributed by atoms with van der Waals surface area (Å²) in [6.45, 7) is 0. The third kappa shape index (κ3) is 3.08. The lowest BCUT2D eigenvalue weighted by molar-refractivity contribution is 0.475. The van der Waals surface area contributed by atoms with Gasteiger partial charge in [0.2, 0.25) is 0 Å². The topological polar surface area (TPSA) is 127 Å². The first kappa shape index (κ1) is 16.3. The number of phenolic OH excluding ortho intramolecular Hbond substituents is 2. The van der Waals surface area contributed by atoms with E-state index in [0.29, 0.717) is 22.6 Å². The highest BCUT2D eigenvalue weighted by atomic mass is 16.3. The Morgan fingerprint density at radius 3 is 1.76 bits per heavy atom. The first-order valence-corrected chi connectivity index (χ1v) is 7.27. The highest BCUT2D eigenvalue weighted by molar-refractivity contribution is 5.84. The van der Waals surface area contributed by atoms with Gasteiger partial charge in [0, 0.05) is 11.1 Å². The van der Waals surface area contributed by atoms with E-state index in [-0.39, 0.29) is 17.6 Å². The smallest absolute Gasteiger partial charge is 0.181 e. The summed E-state index contributed by atoms with van der Waals surface area (Å²) >= 11 is 0. The maximum Gasteiger partial charge on any atom is 0.181 e. The van der Waals surface area contributed by atoms with E-state index < -0.39 is 0 Å². The molecule has 0 atom stereocenters. The van der Waals surface area contributed by atoms with Crippen LogP contribution in [0.1, 0.15) is 0 Å². The SMILES string of the molecule is N.Oc1ccc(-c2nc3cncnc3nc2-c2ccc(O)cc2)cc1. The van der Waals surface area contributed by atoms with E-state index in [1.165, 1.54) is 6.33 Å². The van der Waals surface area contributed by atoms with Crippen molar-refractivity contribution in [3.8, 4) is 34.0 Å². The zero-order valence-electron chi connectivity index (χ0n) is 13.2. The fourth-order valence-corrected chi connectivity index (χ4v) is 2.45. The van der Waals surface area contributed by atoms with Gasteiger partial charge in [0.15, 0.2) is 5.65 Å². The van der Waals surface area contributed by atoms with Crippen LogP contribution in [-0.4, -0.2) is 30.1 Å². The van der Waals surface area contributed by atoms with Crippen LogP contribution >= 0.6 is 0 Å². The molecule has 0 amide bonds. The van der Waals surface area contributed by atoms with E-state index in [2.05, 4.69) is 19.9 Å². The number of fused-ring (bicyclic) bond motifs is 1. The fraction of sp³-hybridized carbons (Fsp3) is 0. The lowest BCUT2D eigenvalue weighted by atomic mass is 10.0. The van der Waals surface area contributed by atoms with E-state index in [9.17, 15) is 10.2 Å². The Bertz CT molecular complexity index is 934. The van der Waals surface area contributed by atoms with Crippen molar-refractivity contribution in [1.29, 1.82) is 0 Å². The van der Waals surface area contributed by atoms with Crippen LogP contribution in [-0.2, 0) is 0 Å². The summed E-state index contributed by atoms with van der Waals surface area (Å²) in [5, 5.41) is 19.0. The Balaban J connectivity index is 0.00000182. The second-order valence-corrected chi connectivity index (χ2v) is 5.25. The van der Waals surface area contributed by atoms with Gasteiger partial charge in [-0.25, -0.2) is 19.9 Å². The molecule has 0 aliphatic rings. The Hall–Kier alpha value is -3.58. The lowest BCUT2D eigenvalue weighted by Gasteiger charge is -2.10. The number of benzene rings is 2. The summed E-state index contributed by atoms with van der Waals surface area (Å²) in [5.41, 5.74) is 4.01. The molecule has 7 heteroatoms. The minimum absolute atomic E-state index is 0. The minimum atomic E-state index is 0. The second kappa shape index (κ2) is 6.50. The molecule has 2 aromatic carbocycles. The van der Waals surface area contributed by atoms with Crippen LogP contribution < -0.4 is 6.15 Å². The molecule has 0 aliphatic carbocycles. The van der Waals surface area contributed by atoms with Gasteiger partial charge in [-0.15, -0.1) is 0 Å². The number of hydrogen-bond donors (Lipinski definition) is 3. The van der Waals surface area contributed by atoms with Crippen molar-refractivity contribution < 1.29 is 10.2 Å². The van der Waals surface area contributed by atoms with Crippen LogP contribution in [0.15, 0.2) is 61.1 Å². The summed E-state index contributed by atoms with van der Waals surface area (Å²) in [7, 11) is 0. The van der Waals surface area contributed by atoms with Crippen molar-refractivity contribution in [2.45, 2.75) is 0 Å². The van der Waals surface area contributed by atoms with Gasteiger partial charge in [-0.3, -0.25) is 0 Å². The van der Waals surface area contributed by atoms with Crippen molar-refractivity contribution in [1.82, 2.24) is 26.1 Å². The average molecular weight is 333 g/mol. The maximum absolute atomic E-state index is 9.51. The van der Waals surface area contributed by atoms with Crippen LogP contribution in [0.2, 0.25) is 0 Å². The summed E-state index contributed by atoms with van der Waals surface area (Å²) < 4.78 is 0. The lowest BCUT2D eigenvalue weighted by Crippen LogP contribution is -1.97. The number of hydrogen-bond acceptors (Lipinski definition) is 7. The minimum Gasteiger partial charge on any atom is -0.508 e. The van der Waals surface area contributed by atoms with E-state index in [0.717, 1.165) is 11.1 Å². The van der Waals surface area contributed by atoms with Crippen molar-refractivity contribution in [3.63, 3.8) is 0 Å². The van der Waals surface area contributed by atoms with Crippen LogP contribution in [0, 0.1) is 0 Å². The molecule has 7 nitrogen and oxygen atoms in total. The number of aromatic nitrogens is 4. The first-order valence-electron chi connectivity index (χ1n) is 7.27. The van der Waals surface area contributed by atoms with Gasteiger partial charge in [0.1, 0.15) is 23.3 Å². The van der Waals surface area contributed by atoms with E-state index in [1.807, 2.05) is 0 Å². The molecule has 0 saturated carbocycles. The Morgan fingerprint density at radius 2 is 1.20 bits per heavy atom. The molecular weight excluding hydrogens is 318 g/mol. The number of nitrogens with zero attached hydrogens (tertiary/aromatic N) is 4. The quantitative estimate of drug-likeness (QED) is 0.513. The molecular formula is C18H15N5O2. The van der Waals surface area contributed by atoms with Gasteiger partial charge in [0.05, 0.1) is 17.6 Å². The van der Waals surface area contributed by atoms with Gasteiger partial charge < -0.3 is 16.4 Å². The molecule has 124 valence electrons. The maximum atomic E-state index is 9.51. The summed E-state index contributed by atoms with van der Waals surface area (Å²) in [4.78, 5) is 17.4. The fourth-order valence-electron chi connectivity index (χ4n) is 2.45. The first-order chi connectivity index (χ1) is 11.7. The molecule has 0 saturated heterocycles. The Kier molecular flexibility index (Phi) is 4.23. The Labute approximate surface area is 143 Å². The second-order valence-electron chi connectivity index (χ2n) is 5.25. The van der Waals surface area contributed by atoms with Crippen molar-refractivity contribution in [2.75, 3.05) is 0 Å². The molecule has 0 radical (unpaired) electrons. The van der Waals surface area contributed by atoms with Crippen LogP contribution in [0.4, 0.5) is 0 Å². The number of aromatic hydroxyl groups is 2. The number of phenols is 2. The molecule has 5 N–H and O–H groups in total. The number of rotatable bonds is 2. The molecule has 2 heterocycles. The summed E-state index contributed by atoms with van der Waals surface area (Å²) in [5.74, 6) is 0.364. The molecule has 25 heavy (non-hydrogen) atoms. The molecule has 2 aromatic heterocycles. The molecule has 4 aromatic rings. The monoisotopic (exact) mass is 333 g/mol. The normalized spacial score (nSPS) is 10.4. The molecule has 0 bridgehead atoms. The van der Waals surface area contributed by atoms with Crippen molar-refractivity contribution in [2.24, 2.45) is 0 Å². The zero-order valence-corrected chi connectivity index (χ0v) is 13.2. The standard InChI is InChI=1S/C18H12N4O2.H3N/c23-13-5-1-11(2-6-13)16-17(12-3-7-14(24)8-4-12)22-18-15(21-16)9-19-10-20-18;/h1-10,23-24H;1H3. The largest absolute Gasteiger partial charge is 0.508 e. The zero-order chi connectivity index (χ0) is 16.5. The van der Waals surface area contributed by atoms with E-state index >= 15 is 0 Å². The van der Waals surface area contributed by atoms with Crippen LogP contribution in [0.3, 0.4) is 0 Å². The third-order valence-electron chi connectivity index (χ3n) is 3.63. The Morgan fingerprint density at radius 1 is 0.680 bits per heavy atom. The van der Waals surface area contributed by atoms with Crippen LogP contribution in [0.5, 0.6) is 11.5 Å². The van der Waals surface area contributed by atoms with E-state index in [1.54, 1.807) is 54.7 Å². The van der Waals surface area contributed by atoms with E-state index in [4.69, 9.17) is 0 Å². The van der Waals surface area contributed by atoms with Gasteiger partial charge in [-0.2, -0.15) is 0 Å². The predicted octanol–water partition coefficient (Wildman–Crippen LogP) is 3.33. The van der Waals surface area contributed by atoms with Gasteiger partial charge in [-0.1, -0.05) is 0 Å². The van der Waals surface area contributed by atoms with Gasteiger partial charge >= 0.3 is 0 Å². The average Bonchev–Trinajstić information content (AvgIpc) is 2.62. The van der Waals surface area contributed by atoms with Gasteiger partial charge in [0.25, 0.3) is 0 Å². The summed E-state index contributed by atoms with van der Waals surface area (Å²) in [6, 6.07) is 13.5. The highest BCUT2D eigenvalue weighted by Crippen LogP contribution is 2.31.